The van der Waals surface area contributed by atoms with Crippen molar-refractivity contribution in [1.82, 2.24) is 4.90 Å². The maximum absolute atomic E-state index is 11.3. The molecule has 1 atom stereocenters. The maximum atomic E-state index is 11.3. The van der Waals surface area contributed by atoms with Gasteiger partial charge in [0.1, 0.15) is 0 Å². The molecule has 1 aliphatic heterocycles. The van der Waals surface area contributed by atoms with Gasteiger partial charge in [-0.2, -0.15) is 0 Å². The molecule has 0 radical (unpaired) electrons. The zero-order valence-corrected chi connectivity index (χ0v) is 7.77. The normalized spacial score (nSPS) is 23.6. The summed E-state index contributed by atoms with van der Waals surface area (Å²) in [5.41, 5.74) is 0.713. The van der Waals surface area contributed by atoms with Crippen LogP contribution in [0.15, 0.2) is 36.1 Å². The largest absolute Gasteiger partial charge is 0.369 e. The first-order valence-corrected chi connectivity index (χ1v) is 4.19. The lowest BCUT2D eigenvalue weighted by molar-refractivity contribution is -0.127. The van der Waals surface area contributed by atoms with Crippen LogP contribution >= 0.6 is 0 Å². The van der Waals surface area contributed by atoms with Crippen LogP contribution in [0, 0.1) is 0 Å². The summed E-state index contributed by atoms with van der Waals surface area (Å²) in [5, 5.41) is 9.43. The molecule has 0 aromatic carbocycles. The van der Waals surface area contributed by atoms with Gasteiger partial charge in [0.15, 0.2) is 6.23 Å². The van der Waals surface area contributed by atoms with Gasteiger partial charge in [-0.25, -0.2) is 0 Å². The van der Waals surface area contributed by atoms with Crippen molar-refractivity contribution in [3.63, 3.8) is 0 Å². The molecule has 13 heavy (non-hydrogen) atoms. The first-order valence-electron chi connectivity index (χ1n) is 4.19. The molecule has 3 nitrogen and oxygen atoms in total. The minimum absolute atomic E-state index is 0.182. The average Bonchev–Trinajstić information content (AvgIpc) is 2.43. The number of nitrogens with zero attached hydrogens (tertiary/aromatic N) is 1. The van der Waals surface area contributed by atoms with Crippen molar-refractivity contribution < 1.29 is 9.90 Å². The third kappa shape index (κ3) is 1.87. The van der Waals surface area contributed by atoms with Crippen molar-refractivity contribution in [2.24, 2.45) is 0 Å². The second-order valence-electron chi connectivity index (χ2n) is 2.69. The summed E-state index contributed by atoms with van der Waals surface area (Å²) in [6.07, 6.45) is 7.41. The Morgan fingerprint density at radius 2 is 2.31 bits per heavy atom. The minimum Gasteiger partial charge on any atom is -0.369 e. The molecule has 1 unspecified atom stereocenters. The topological polar surface area (TPSA) is 40.5 Å². The van der Waals surface area contributed by atoms with E-state index in [2.05, 4.69) is 0 Å². The molecule has 3 heteroatoms. The van der Waals surface area contributed by atoms with E-state index in [9.17, 15) is 9.90 Å². The van der Waals surface area contributed by atoms with Crippen LogP contribution in [-0.4, -0.2) is 22.1 Å². The third-order valence-corrected chi connectivity index (χ3v) is 1.82. The van der Waals surface area contributed by atoms with Gasteiger partial charge in [-0.15, -0.1) is 0 Å². The van der Waals surface area contributed by atoms with Crippen LogP contribution < -0.4 is 0 Å². The Labute approximate surface area is 77.7 Å². The molecule has 1 heterocycles. The molecule has 1 amide bonds. The fourth-order valence-electron chi connectivity index (χ4n) is 1.23. The smallest absolute Gasteiger partial charge is 0.253 e. The van der Waals surface area contributed by atoms with Gasteiger partial charge in [-0.05, 0) is 26.0 Å². The van der Waals surface area contributed by atoms with Crippen LogP contribution in [-0.2, 0) is 4.79 Å². The van der Waals surface area contributed by atoms with Gasteiger partial charge in [-0.1, -0.05) is 12.2 Å². The van der Waals surface area contributed by atoms with Crippen molar-refractivity contribution >= 4 is 5.91 Å². The van der Waals surface area contributed by atoms with E-state index in [1.165, 1.54) is 17.1 Å². The molecule has 1 N–H and O–H groups in total. The average molecular weight is 179 g/mol. The number of hydrogen-bond acceptors (Lipinski definition) is 2. The molecule has 0 saturated carbocycles. The molecular weight excluding hydrogens is 166 g/mol. The molecule has 1 aliphatic rings. The van der Waals surface area contributed by atoms with E-state index in [0.29, 0.717) is 5.70 Å². The zero-order chi connectivity index (χ0) is 9.84. The Hall–Kier alpha value is -1.35. The van der Waals surface area contributed by atoms with Crippen molar-refractivity contribution in [3.05, 3.63) is 36.1 Å². The van der Waals surface area contributed by atoms with Crippen molar-refractivity contribution in [2.45, 2.75) is 20.1 Å². The summed E-state index contributed by atoms with van der Waals surface area (Å²) >= 11 is 0. The Bertz CT molecular complexity index is 289. The van der Waals surface area contributed by atoms with Gasteiger partial charge in [0, 0.05) is 11.8 Å². The van der Waals surface area contributed by atoms with Gasteiger partial charge in [0.25, 0.3) is 5.91 Å². The summed E-state index contributed by atoms with van der Waals surface area (Å²) in [4.78, 5) is 12.6. The van der Waals surface area contributed by atoms with E-state index >= 15 is 0 Å². The first kappa shape index (κ1) is 9.74. The second kappa shape index (κ2) is 4.05. The van der Waals surface area contributed by atoms with Gasteiger partial charge in [-0.3, -0.25) is 9.69 Å². The fraction of sp³-hybridized carbons (Fsp3) is 0.300. The number of hydrogen-bond donors (Lipinski definition) is 1. The predicted molar refractivity (Wildman–Crippen MR) is 50.6 cm³/mol. The highest BCUT2D eigenvalue weighted by Gasteiger charge is 2.25. The lowest BCUT2D eigenvalue weighted by Crippen LogP contribution is -2.32. The van der Waals surface area contributed by atoms with Crippen molar-refractivity contribution in [1.29, 1.82) is 0 Å². The van der Waals surface area contributed by atoms with Crippen molar-refractivity contribution in [2.75, 3.05) is 0 Å². The van der Waals surface area contributed by atoms with Gasteiger partial charge < -0.3 is 5.11 Å². The number of allylic oxidation sites excluding steroid dienone is 3. The van der Waals surface area contributed by atoms with E-state index in [0.717, 1.165) is 0 Å². The fourth-order valence-corrected chi connectivity index (χ4v) is 1.23. The van der Waals surface area contributed by atoms with E-state index in [4.69, 9.17) is 0 Å². The highest BCUT2D eigenvalue weighted by Crippen LogP contribution is 2.16. The minimum atomic E-state index is -0.824. The highest BCUT2D eigenvalue weighted by molar-refractivity contribution is 5.92. The number of rotatable bonds is 2. The van der Waals surface area contributed by atoms with Gasteiger partial charge >= 0.3 is 0 Å². The van der Waals surface area contributed by atoms with Crippen LogP contribution in [0.2, 0.25) is 0 Å². The Balaban J connectivity index is 2.88. The maximum Gasteiger partial charge on any atom is 0.253 e. The number of aliphatic hydroxyl groups excluding tert-OH is 1. The van der Waals surface area contributed by atoms with Crippen LogP contribution in [0.25, 0.3) is 0 Å². The summed E-state index contributed by atoms with van der Waals surface area (Å²) in [6, 6.07) is 0. The highest BCUT2D eigenvalue weighted by atomic mass is 16.3. The molecule has 0 aromatic heterocycles. The molecule has 70 valence electrons. The van der Waals surface area contributed by atoms with E-state index in [1.54, 1.807) is 12.2 Å². The molecule has 1 rings (SSSR count). The number of carbonyl (C=O) groups excluding carboxylic acids is 1. The second-order valence-corrected chi connectivity index (χ2v) is 2.69. The number of aliphatic hydroxyl groups is 1. The molecular formula is C10H13NO2. The Morgan fingerprint density at radius 3 is 2.69 bits per heavy atom. The SMILES string of the molecule is C/C=C\C(=C/C)N1C(=O)C=CC1O. The molecule has 0 aromatic rings. The lowest BCUT2D eigenvalue weighted by Gasteiger charge is -2.21. The number of carbonyl (C=O) groups is 1. The quantitative estimate of drug-likeness (QED) is 0.647. The molecule has 0 spiro atoms. The van der Waals surface area contributed by atoms with Crippen LogP contribution in [0.4, 0.5) is 0 Å². The lowest BCUT2D eigenvalue weighted by atomic mass is 10.3. The number of amides is 1. The van der Waals surface area contributed by atoms with Crippen LogP contribution in [0.5, 0.6) is 0 Å². The van der Waals surface area contributed by atoms with E-state index in [-0.39, 0.29) is 5.91 Å². The van der Waals surface area contributed by atoms with E-state index in [1.807, 2.05) is 19.9 Å². The molecule has 0 bridgehead atoms. The summed E-state index contributed by atoms with van der Waals surface area (Å²) in [7, 11) is 0. The summed E-state index contributed by atoms with van der Waals surface area (Å²) in [6.45, 7) is 3.69. The molecule has 0 aliphatic carbocycles. The molecule has 0 fully saturated rings. The van der Waals surface area contributed by atoms with Gasteiger partial charge in [0.05, 0.1) is 0 Å². The first-order chi connectivity index (χ1) is 6.20. The predicted octanol–water partition coefficient (Wildman–Crippen LogP) is 1.18. The molecule has 0 saturated heterocycles. The monoisotopic (exact) mass is 179 g/mol. The zero-order valence-electron chi connectivity index (χ0n) is 7.77. The van der Waals surface area contributed by atoms with E-state index < -0.39 is 6.23 Å². The van der Waals surface area contributed by atoms with Crippen molar-refractivity contribution in [3.8, 4) is 0 Å². The van der Waals surface area contributed by atoms with Gasteiger partial charge in [0.2, 0.25) is 0 Å². The third-order valence-electron chi connectivity index (χ3n) is 1.82. The Morgan fingerprint density at radius 1 is 1.62 bits per heavy atom. The summed E-state index contributed by atoms with van der Waals surface area (Å²) < 4.78 is 0. The summed E-state index contributed by atoms with van der Waals surface area (Å²) in [5.74, 6) is -0.182. The standard InChI is InChI=1S/C10H13NO2/c1-3-5-8(4-2)11-9(12)6-7-10(11)13/h3-7,9,12H,1-2H3/b5-3-,8-4+. The Kier molecular flexibility index (Phi) is 3.03. The van der Waals surface area contributed by atoms with Crippen LogP contribution in [0.1, 0.15) is 13.8 Å². The van der Waals surface area contributed by atoms with Crippen LogP contribution in [0.3, 0.4) is 0 Å².